The molecule has 1 N–H and O–H groups in total. The van der Waals surface area contributed by atoms with E-state index in [-0.39, 0.29) is 0 Å². The van der Waals surface area contributed by atoms with Crippen molar-refractivity contribution in [3.05, 3.63) is 0 Å². The van der Waals surface area contributed by atoms with E-state index in [1.807, 2.05) is 7.05 Å². The molecule has 3 heteroatoms. The molecule has 90 valence electrons. The molecule has 0 spiro atoms. The highest BCUT2D eigenvalue weighted by Gasteiger charge is 2.08. The largest absolute Gasteiger partial charge is 0.380 e. The number of rotatable bonds is 8. The molecule has 1 aliphatic rings. The van der Waals surface area contributed by atoms with Gasteiger partial charge in [-0.05, 0) is 52.4 Å². The molecule has 1 saturated heterocycles. The zero-order valence-electron chi connectivity index (χ0n) is 10.1. The Morgan fingerprint density at radius 3 is 2.60 bits per heavy atom. The van der Waals surface area contributed by atoms with Gasteiger partial charge in [-0.2, -0.15) is 0 Å². The van der Waals surface area contributed by atoms with Crippen molar-refractivity contribution in [3.8, 4) is 0 Å². The molecule has 0 saturated carbocycles. The predicted octanol–water partition coefficient (Wildman–Crippen LogP) is 1.49. The molecule has 0 amide bonds. The third kappa shape index (κ3) is 6.88. The second kappa shape index (κ2) is 9.13. The Labute approximate surface area is 94.2 Å². The molecular weight excluding hydrogens is 188 g/mol. The van der Waals surface area contributed by atoms with Gasteiger partial charge in [-0.3, -0.25) is 0 Å². The SMILES string of the molecule is CNCCCCOCCN1CCCCC1. The van der Waals surface area contributed by atoms with Crippen molar-refractivity contribution < 1.29 is 4.74 Å². The van der Waals surface area contributed by atoms with E-state index in [2.05, 4.69) is 10.2 Å². The monoisotopic (exact) mass is 214 g/mol. The standard InChI is InChI=1S/C12H26N2O/c1-13-7-3-6-11-15-12-10-14-8-4-2-5-9-14/h13H,2-12H2,1H3. The zero-order valence-corrected chi connectivity index (χ0v) is 10.1. The molecule has 0 radical (unpaired) electrons. The minimum Gasteiger partial charge on any atom is -0.380 e. The maximum Gasteiger partial charge on any atom is 0.0593 e. The minimum absolute atomic E-state index is 0.916. The second-order valence-electron chi connectivity index (χ2n) is 4.33. The van der Waals surface area contributed by atoms with E-state index in [4.69, 9.17) is 4.74 Å². The Kier molecular flexibility index (Phi) is 7.88. The Morgan fingerprint density at radius 1 is 1.07 bits per heavy atom. The molecule has 0 aromatic rings. The summed E-state index contributed by atoms with van der Waals surface area (Å²) < 4.78 is 5.61. The van der Waals surface area contributed by atoms with Gasteiger partial charge >= 0.3 is 0 Å². The van der Waals surface area contributed by atoms with E-state index >= 15 is 0 Å². The van der Waals surface area contributed by atoms with Crippen LogP contribution in [0.25, 0.3) is 0 Å². The number of unbranched alkanes of at least 4 members (excludes halogenated alkanes) is 1. The maximum atomic E-state index is 5.61. The smallest absolute Gasteiger partial charge is 0.0593 e. The molecule has 0 aromatic carbocycles. The number of nitrogens with one attached hydrogen (secondary N) is 1. The second-order valence-corrected chi connectivity index (χ2v) is 4.33. The van der Waals surface area contributed by atoms with E-state index in [1.54, 1.807) is 0 Å². The van der Waals surface area contributed by atoms with E-state index in [9.17, 15) is 0 Å². The highest BCUT2D eigenvalue weighted by Crippen LogP contribution is 2.07. The summed E-state index contributed by atoms with van der Waals surface area (Å²) in [5.74, 6) is 0. The van der Waals surface area contributed by atoms with Crippen LogP contribution in [0.1, 0.15) is 32.1 Å². The fourth-order valence-corrected chi connectivity index (χ4v) is 1.98. The molecule has 3 nitrogen and oxygen atoms in total. The van der Waals surface area contributed by atoms with Crippen molar-refractivity contribution in [2.24, 2.45) is 0 Å². The van der Waals surface area contributed by atoms with Crippen molar-refractivity contribution in [2.45, 2.75) is 32.1 Å². The van der Waals surface area contributed by atoms with E-state index in [0.717, 1.165) is 26.3 Å². The lowest BCUT2D eigenvalue weighted by Gasteiger charge is -2.26. The van der Waals surface area contributed by atoms with Crippen LogP contribution in [0.2, 0.25) is 0 Å². The molecule has 0 unspecified atom stereocenters. The third-order valence-corrected chi connectivity index (χ3v) is 2.97. The Morgan fingerprint density at radius 2 is 1.87 bits per heavy atom. The van der Waals surface area contributed by atoms with Crippen LogP contribution in [0.5, 0.6) is 0 Å². The molecular formula is C12H26N2O. The summed E-state index contributed by atoms with van der Waals surface area (Å²) in [6, 6.07) is 0. The number of ether oxygens (including phenoxy) is 1. The van der Waals surface area contributed by atoms with Gasteiger partial charge in [0, 0.05) is 13.2 Å². The average Bonchev–Trinajstić information content (AvgIpc) is 2.29. The van der Waals surface area contributed by atoms with Gasteiger partial charge in [-0.25, -0.2) is 0 Å². The first kappa shape index (κ1) is 12.9. The summed E-state index contributed by atoms with van der Waals surface area (Å²) in [5.41, 5.74) is 0. The van der Waals surface area contributed by atoms with Crippen LogP contribution in [0.3, 0.4) is 0 Å². The predicted molar refractivity (Wildman–Crippen MR) is 64.3 cm³/mol. The van der Waals surface area contributed by atoms with E-state index < -0.39 is 0 Å². The van der Waals surface area contributed by atoms with Crippen molar-refractivity contribution in [3.63, 3.8) is 0 Å². The summed E-state index contributed by atoms with van der Waals surface area (Å²) in [4.78, 5) is 2.52. The number of piperidine rings is 1. The van der Waals surface area contributed by atoms with E-state index in [1.165, 1.54) is 45.2 Å². The van der Waals surface area contributed by atoms with Crippen molar-refractivity contribution in [1.29, 1.82) is 0 Å². The van der Waals surface area contributed by atoms with Gasteiger partial charge in [0.05, 0.1) is 6.61 Å². The minimum atomic E-state index is 0.916. The van der Waals surface area contributed by atoms with E-state index in [0.29, 0.717) is 0 Å². The summed E-state index contributed by atoms with van der Waals surface area (Å²) in [7, 11) is 2.00. The highest BCUT2D eigenvalue weighted by molar-refractivity contribution is 4.63. The fraction of sp³-hybridized carbons (Fsp3) is 1.00. The van der Waals surface area contributed by atoms with Gasteiger partial charge in [0.15, 0.2) is 0 Å². The van der Waals surface area contributed by atoms with Crippen LogP contribution in [0.4, 0.5) is 0 Å². The number of hydrogen-bond donors (Lipinski definition) is 1. The van der Waals surface area contributed by atoms with Crippen LogP contribution < -0.4 is 5.32 Å². The number of nitrogens with zero attached hydrogens (tertiary/aromatic N) is 1. The van der Waals surface area contributed by atoms with Crippen LogP contribution >= 0.6 is 0 Å². The van der Waals surface area contributed by atoms with Crippen LogP contribution in [0.15, 0.2) is 0 Å². The summed E-state index contributed by atoms with van der Waals surface area (Å²) in [6.07, 6.45) is 6.58. The lowest BCUT2D eigenvalue weighted by molar-refractivity contribution is 0.0942. The number of likely N-dealkylation sites (tertiary alicyclic amines) is 1. The van der Waals surface area contributed by atoms with Gasteiger partial charge in [0.25, 0.3) is 0 Å². The Bertz CT molecular complexity index is 136. The van der Waals surface area contributed by atoms with Gasteiger partial charge in [0.2, 0.25) is 0 Å². The molecule has 1 rings (SSSR count). The molecule has 0 aliphatic carbocycles. The number of hydrogen-bond acceptors (Lipinski definition) is 3. The zero-order chi connectivity index (χ0) is 10.8. The van der Waals surface area contributed by atoms with Crippen molar-refractivity contribution in [1.82, 2.24) is 10.2 Å². The van der Waals surface area contributed by atoms with Crippen LogP contribution in [0, 0.1) is 0 Å². The highest BCUT2D eigenvalue weighted by atomic mass is 16.5. The summed E-state index contributed by atoms with van der Waals surface area (Å²) in [5, 5.41) is 3.15. The molecule has 0 bridgehead atoms. The van der Waals surface area contributed by atoms with Gasteiger partial charge in [-0.1, -0.05) is 6.42 Å². The first-order valence-corrected chi connectivity index (χ1v) is 6.38. The Balaban J connectivity index is 1.79. The summed E-state index contributed by atoms with van der Waals surface area (Å²) in [6.45, 7) is 6.64. The third-order valence-electron chi connectivity index (χ3n) is 2.97. The molecule has 1 heterocycles. The Hall–Kier alpha value is -0.120. The first-order valence-electron chi connectivity index (χ1n) is 6.38. The maximum absolute atomic E-state index is 5.61. The molecule has 1 fully saturated rings. The van der Waals surface area contributed by atoms with Gasteiger partial charge < -0.3 is 15.0 Å². The normalized spacial score (nSPS) is 18.2. The first-order chi connectivity index (χ1) is 7.43. The molecule has 0 atom stereocenters. The quantitative estimate of drug-likeness (QED) is 0.620. The van der Waals surface area contributed by atoms with Crippen LogP contribution in [-0.4, -0.2) is 51.3 Å². The molecule has 1 aliphatic heterocycles. The lowest BCUT2D eigenvalue weighted by Crippen LogP contribution is -2.32. The topological polar surface area (TPSA) is 24.5 Å². The summed E-state index contributed by atoms with van der Waals surface area (Å²) >= 11 is 0. The van der Waals surface area contributed by atoms with Gasteiger partial charge in [-0.15, -0.1) is 0 Å². The van der Waals surface area contributed by atoms with Crippen molar-refractivity contribution >= 4 is 0 Å². The lowest BCUT2D eigenvalue weighted by atomic mass is 10.1. The van der Waals surface area contributed by atoms with Crippen molar-refractivity contribution in [2.75, 3.05) is 46.4 Å². The van der Waals surface area contributed by atoms with Crippen LogP contribution in [-0.2, 0) is 4.74 Å². The molecule has 0 aromatic heterocycles. The van der Waals surface area contributed by atoms with Gasteiger partial charge in [0.1, 0.15) is 0 Å². The molecule has 15 heavy (non-hydrogen) atoms. The average molecular weight is 214 g/mol. The fourth-order valence-electron chi connectivity index (χ4n) is 1.98.